The first-order valence-electron chi connectivity index (χ1n) is 7.00. The first-order chi connectivity index (χ1) is 10.7. The molecule has 22 heavy (non-hydrogen) atoms. The number of methoxy groups -OCH3 is 1. The second-order valence-corrected chi connectivity index (χ2v) is 5.03. The number of pyridine rings is 1. The van der Waals surface area contributed by atoms with Gasteiger partial charge in [-0.25, -0.2) is 0 Å². The molecule has 2 heterocycles. The van der Waals surface area contributed by atoms with E-state index in [0.717, 1.165) is 22.2 Å². The molecule has 112 valence electrons. The third-order valence-electron chi connectivity index (χ3n) is 3.68. The predicted octanol–water partition coefficient (Wildman–Crippen LogP) is 2.51. The molecule has 2 aromatic heterocycles. The van der Waals surface area contributed by atoms with E-state index in [1.807, 2.05) is 48.0 Å². The molecule has 3 rings (SSSR count). The smallest absolute Gasteiger partial charge is 0.268 e. The Labute approximate surface area is 128 Å². The van der Waals surface area contributed by atoms with Crippen molar-refractivity contribution >= 4 is 16.8 Å². The number of hydrogen-bond acceptors (Lipinski definition) is 3. The van der Waals surface area contributed by atoms with Gasteiger partial charge in [0, 0.05) is 31.4 Å². The van der Waals surface area contributed by atoms with E-state index in [1.54, 1.807) is 19.5 Å². The van der Waals surface area contributed by atoms with E-state index in [2.05, 4.69) is 10.3 Å². The fraction of sp³-hybridized carbons (Fsp3) is 0.176. The van der Waals surface area contributed by atoms with Gasteiger partial charge in [0.15, 0.2) is 0 Å². The Morgan fingerprint density at radius 3 is 2.91 bits per heavy atom. The zero-order valence-corrected chi connectivity index (χ0v) is 12.5. The third-order valence-corrected chi connectivity index (χ3v) is 3.68. The summed E-state index contributed by atoms with van der Waals surface area (Å²) in [4.78, 5) is 16.5. The molecule has 0 spiro atoms. The van der Waals surface area contributed by atoms with Crippen LogP contribution in [-0.4, -0.2) is 22.6 Å². The lowest BCUT2D eigenvalue weighted by Gasteiger charge is -2.06. The quantitative estimate of drug-likeness (QED) is 0.804. The fourth-order valence-corrected chi connectivity index (χ4v) is 2.50. The first kappa shape index (κ1) is 14.1. The van der Waals surface area contributed by atoms with E-state index in [9.17, 15) is 4.79 Å². The van der Waals surface area contributed by atoms with Gasteiger partial charge in [-0.1, -0.05) is 12.1 Å². The Morgan fingerprint density at radius 2 is 2.18 bits per heavy atom. The van der Waals surface area contributed by atoms with Crippen LogP contribution in [0.3, 0.4) is 0 Å². The molecule has 0 atom stereocenters. The molecule has 0 saturated carbocycles. The fourth-order valence-electron chi connectivity index (χ4n) is 2.50. The lowest BCUT2D eigenvalue weighted by Crippen LogP contribution is -2.24. The Balaban J connectivity index is 1.86. The summed E-state index contributed by atoms with van der Waals surface area (Å²) in [6.07, 6.45) is 3.45. The van der Waals surface area contributed by atoms with Crippen molar-refractivity contribution in [1.82, 2.24) is 14.9 Å². The van der Waals surface area contributed by atoms with Crippen LogP contribution in [-0.2, 0) is 13.6 Å². The van der Waals surface area contributed by atoms with Gasteiger partial charge in [0.1, 0.15) is 11.4 Å². The summed E-state index contributed by atoms with van der Waals surface area (Å²) in [6, 6.07) is 11.4. The molecular formula is C17H17N3O2. The molecule has 5 heteroatoms. The molecule has 0 fully saturated rings. The van der Waals surface area contributed by atoms with Crippen molar-refractivity contribution in [2.45, 2.75) is 6.54 Å². The van der Waals surface area contributed by atoms with Crippen LogP contribution in [0.4, 0.5) is 0 Å². The van der Waals surface area contributed by atoms with Crippen LogP contribution >= 0.6 is 0 Å². The van der Waals surface area contributed by atoms with E-state index in [1.165, 1.54) is 0 Å². The second-order valence-electron chi connectivity index (χ2n) is 5.03. The predicted molar refractivity (Wildman–Crippen MR) is 84.9 cm³/mol. The maximum atomic E-state index is 12.4. The van der Waals surface area contributed by atoms with Gasteiger partial charge < -0.3 is 14.6 Å². The van der Waals surface area contributed by atoms with Gasteiger partial charge in [-0.05, 0) is 29.8 Å². The summed E-state index contributed by atoms with van der Waals surface area (Å²) in [5.74, 6) is 0.643. The summed E-state index contributed by atoms with van der Waals surface area (Å²) < 4.78 is 7.22. The largest absolute Gasteiger partial charge is 0.496 e. The minimum Gasteiger partial charge on any atom is -0.496 e. The van der Waals surface area contributed by atoms with Crippen LogP contribution in [0, 0.1) is 0 Å². The average molecular weight is 295 g/mol. The number of ether oxygens (including phenoxy) is 1. The molecule has 0 saturated heterocycles. The van der Waals surface area contributed by atoms with E-state index in [0.29, 0.717) is 12.2 Å². The van der Waals surface area contributed by atoms with Crippen molar-refractivity contribution in [2.24, 2.45) is 7.05 Å². The number of carbonyl (C=O) groups is 1. The lowest BCUT2D eigenvalue weighted by molar-refractivity contribution is 0.0943. The first-order valence-corrected chi connectivity index (χ1v) is 7.00. The maximum Gasteiger partial charge on any atom is 0.268 e. The van der Waals surface area contributed by atoms with Crippen molar-refractivity contribution in [3.05, 3.63) is 60.0 Å². The van der Waals surface area contributed by atoms with Crippen LogP contribution in [0.5, 0.6) is 5.75 Å². The molecule has 0 radical (unpaired) electrons. The van der Waals surface area contributed by atoms with Gasteiger partial charge in [0.2, 0.25) is 0 Å². The molecule has 5 nitrogen and oxygen atoms in total. The maximum absolute atomic E-state index is 12.4. The highest BCUT2D eigenvalue weighted by Gasteiger charge is 2.15. The van der Waals surface area contributed by atoms with Gasteiger partial charge in [0.25, 0.3) is 5.91 Å². The van der Waals surface area contributed by atoms with Crippen LogP contribution in [0.2, 0.25) is 0 Å². The number of aryl methyl sites for hydroxylation is 1. The highest BCUT2D eigenvalue weighted by Crippen LogP contribution is 2.27. The molecule has 0 bridgehead atoms. The zero-order chi connectivity index (χ0) is 15.5. The van der Waals surface area contributed by atoms with Crippen LogP contribution in [0.15, 0.2) is 48.8 Å². The van der Waals surface area contributed by atoms with E-state index in [-0.39, 0.29) is 5.91 Å². The van der Waals surface area contributed by atoms with Gasteiger partial charge in [-0.2, -0.15) is 0 Å². The Morgan fingerprint density at radius 1 is 1.32 bits per heavy atom. The summed E-state index contributed by atoms with van der Waals surface area (Å²) >= 11 is 0. The molecule has 0 aliphatic rings. The van der Waals surface area contributed by atoms with E-state index in [4.69, 9.17) is 4.74 Å². The topological polar surface area (TPSA) is 56.1 Å². The molecule has 0 aliphatic carbocycles. The minimum atomic E-state index is -0.121. The monoisotopic (exact) mass is 295 g/mol. The molecule has 1 amide bonds. The standard InChI is InChI=1S/C17H17N3O2/c1-20-14-6-3-7-16(22-2)13(14)9-15(20)17(21)19-11-12-5-4-8-18-10-12/h3-10H,11H2,1-2H3,(H,19,21). The molecule has 3 aromatic rings. The van der Waals surface area contributed by atoms with Gasteiger partial charge in [-0.3, -0.25) is 9.78 Å². The summed E-state index contributed by atoms with van der Waals surface area (Å²) in [7, 11) is 3.50. The highest BCUT2D eigenvalue weighted by molar-refractivity contribution is 6.00. The molecule has 1 N–H and O–H groups in total. The Hall–Kier alpha value is -2.82. The Kier molecular flexibility index (Phi) is 3.78. The summed E-state index contributed by atoms with van der Waals surface area (Å²) in [5, 5.41) is 3.84. The Bertz CT molecular complexity index is 809. The average Bonchev–Trinajstić information content (AvgIpc) is 2.91. The molecular weight excluding hydrogens is 278 g/mol. The number of carbonyl (C=O) groups excluding carboxylic acids is 1. The number of nitrogens with zero attached hydrogens (tertiary/aromatic N) is 2. The van der Waals surface area contributed by atoms with Crippen LogP contribution in [0.1, 0.15) is 16.1 Å². The number of rotatable bonds is 4. The van der Waals surface area contributed by atoms with E-state index >= 15 is 0 Å². The third kappa shape index (κ3) is 2.53. The normalized spacial score (nSPS) is 10.6. The van der Waals surface area contributed by atoms with Crippen molar-refractivity contribution in [2.75, 3.05) is 7.11 Å². The van der Waals surface area contributed by atoms with Gasteiger partial charge >= 0.3 is 0 Å². The molecule has 0 unspecified atom stereocenters. The van der Waals surface area contributed by atoms with Crippen LogP contribution in [0.25, 0.3) is 10.9 Å². The second kappa shape index (κ2) is 5.89. The van der Waals surface area contributed by atoms with Crippen molar-refractivity contribution < 1.29 is 9.53 Å². The summed E-state index contributed by atoms with van der Waals surface area (Å²) in [5.41, 5.74) is 2.53. The lowest BCUT2D eigenvalue weighted by atomic mass is 10.2. The van der Waals surface area contributed by atoms with Gasteiger partial charge in [0.05, 0.1) is 12.6 Å². The van der Waals surface area contributed by atoms with Crippen molar-refractivity contribution in [1.29, 1.82) is 0 Å². The minimum absolute atomic E-state index is 0.121. The van der Waals surface area contributed by atoms with Crippen molar-refractivity contribution in [3.63, 3.8) is 0 Å². The summed E-state index contributed by atoms with van der Waals surface area (Å²) in [6.45, 7) is 0.450. The number of nitrogens with one attached hydrogen (secondary N) is 1. The SMILES string of the molecule is COc1cccc2c1cc(C(=O)NCc1cccnc1)n2C. The van der Waals surface area contributed by atoms with Crippen LogP contribution < -0.4 is 10.1 Å². The van der Waals surface area contributed by atoms with E-state index < -0.39 is 0 Å². The van der Waals surface area contributed by atoms with Gasteiger partial charge in [-0.15, -0.1) is 0 Å². The number of fused-ring (bicyclic) bond motifs is 1. The highest BCUT2D eigenvalue weighted by atomic mass is 16.5. The number of hydrogen-bond donors (Lipinski definition) is 1. The molecule has 0 aliphatic heterocycles. The number of aromatic nitrogens is 2. The number of benzene rings is 1. The van der Waals surface area contributed by atoms with Crippen molar-refractivity contribution in [3.8, 4) is 5.75 Å². The zero-order valence-electron chi connectivity index (χ0n) is 12.5. The number of amides is 1. The molecule has 1 aromatic carbocycles.